The first-order chi connectivity index (χ1) is 23.0. The van der Waals surface area contributed by atoms with Crippen LogP contribution in [0.15, 0.2) is 91.4 Å². The monoisotopic (exact) mass is 649 g/mol. The highest BCUT2D eigenvalue weighted by molar-refractivity contribution is 5.84. The topological polar surface area (TPSA) is 138 Å². The largest absolute Gasteiger partial charge is 0.456 e. The van der Waals surface area contributed by atoms with Crippen molar-refractivity contribution < 1.29 is 29.3 Å². The number of nitrogens with one attached hydrogen (secondary N) is 2. The molecule has 4 N–H and O–H groups in total. The molecule has 1 heterocycles. The third-order valence-corrected chi connectivity index (χ3v) is 6.78. The van der Waals surface area contributed by atoms with Gasteiger partial charge in [0.05, 0.1) is 13.2 Å². The van der Waals surface area contributed by atoms with Gasteiger partial charge in [-0.2, -0.15) is 0 Å². The van der Waals surface area contributed by atoms with Crippen molar-refractivity contribution in [2.45, 2.75) is 96.1 Å². The van der Waals surface area contributed by atoms with Crippen LogP contribution in [0.3, 0.4) is 0 Å². The molecule has 0 unspecified atom stereocenters. The van der Waals surface area contributed by atoms with E-state index in [-0.39, 0.29) is 24.7 Å². The number of esters is 1. The van der Waals surface area contributed by atoms with Crippen LogP contribution in [0, 0.1) is 0 Å². The number of carbonyl (C=O) groups excluding carboxylic acids is 3. The van der Waals surface area contributed by atoms with E-state index in [1.165, 1.54) is 0 Å². The standard InChI is InChI=1S/C38H55N3O6/c1-2-3-4-5-6-7-8-9-10-11-12-13-14-15-16-17-18-26-37(45)41-35(38(46)47-34(31-42)32-43)25-19-20-29-40-36(44)27-21-23-33-24-22-28-39-30-33/h3-4,6-7,9-10,12-13,15-16,21-24,28,30,34-35,42-43H,2,5,8,11,14,17-20,25-27,29,31-32H2,1H3,(H,40,44)(H,41,45)/t35-/m0/s1. The maximum absolute atomic E-state index is 12.7. The molecular formula is C38H55N3O6. The minimum absolute atomic E-state index is 0.115. The van der Waals surface area contributed by atoms with E-state index in [4.69, 9.17) is 4.74 Å². The lowest BCUT2D eigenvalue weighted by Crippen LogP contribution is -2.44. The van der Waals surface area contributed by atoms with Gasteiger partial charge in [0.25, 0.3) is 0 Å². The lowest BCUT2D eigenvalue weighted by molar-refractivity contribution is -0.157. The Morgan fingerprint density at radius 1 is 0.830 bits per heavy atom. The number of aliphatic hydroxyl groups excluding tert-OH is 2. The van der Waals surface area contributed by atoms with Gasteiger partial charge in [-0.3, -0.25) is 14.6 Å². The Balaban J connectivity index is 2.32. The van der Waals surface area contributed by atoms with Crippen LogP contribution in [0.25, 0.3) is 6.08 Å². The van der Waals surface area contributed by atoms with Crippen LogP contribution in [0.4, 0.5) is 0 Å². The van der Waals surface area contributed by atoms with Crippen molar-refractivity contribution in [3.8, 4) is 0 Å². The number of aliphatic hydroxyl groups is 2. The first-order valence-electron chi connectivity index (χ1n) is 16.8. The summed E-state index contributed by atoms with van der Waals surface area (Å²) in [6.07, 6.45) is 35.4. The van der Waals surface area contributed by atoms with Crippen LogP contribution in [-0.4, -0.2) is 64.9 Å². The third-order valence-electron chi connectivity index (χ3n) is 6.78. The Hall–Kier alpha value is -4.08. The molecule has 0 aliphatic carbocycles. The van der Waals surface area contributed by atoms with Gasteiger partial charge < -0.3 is 25.6 Å². The number of hydrogen-bond acceptors (Lipinski definition) is 7. The van der Waals surface area contributed by atoms with E-state index in [2.05, 4.69) is 77.2 Å². The molecule has 258 valence electrons. The Bertz CT molecular complexity index is 1150. The number of ether oxygens (including phenoxy) is 1. The minimum atomic E-state index is -1.05. The molecule has 0 aromatic carbocycles. The molecule has 0 saturated carbocycles. The summed E-state index contributed by atoms with van der Waals surface area (Å²) in [6.45, 7) is 1.53. The zero-order valence-corrected chi connectivity index (χ0v) is 28.0. The fraction of sp³-hybridized carbons (Fsp3) is 0.474. The van der Waals surface area contributed by atoms with Crippen molar-refractivity contribution in [3.05, 3.63) is 96.9 Å². The molecule has 1 aromatic heterocycles. The summed E-state index contributed by atoms with van der Waals surface area (Å²) in [6, 6.07) is 2.82. The molecule has 47 heavy (non-hydrogen) atoms. The predicted molar refractivity (Wildman–Crippen MR) is 189 cm³/mol. The fourth-order valence-electron chi connectivity index (χ4n) is 4.19. The number of amides is 2. The summed E-state index contributed by atoms with van der Waals surface area (Å²) in [7, 11) is 0. The molecule has 0 saturated heterocycles. The third kappa shape index (κ3) is 23.9. The lowest BCUT2D eigenvalue weighted by Gasteiger charge is -2.20. The van der Waals surface area contributed by atoms with Crippen LogP contribution in [0.2, 0.25) is 0 Å². The zero-order chi connectivity index (χ0) is 34.2. The van der Waals surface area contributed by atoms with E-state index in [1.54, 1.807) is 18.5 Å². The van der Waals surface area contributed by atoms with Crippen molar-refractivity contribution in [2.24, 2.45) is 0 Å². The van der Waals surface area contributed by atoms with Crippen LogP contribution in [0.1, 0.15) is 89.5 Å². The van der Waals surface area contributed by atoms with Gasteiger partial charge in [-0.1, -0.05) is 85.9 Å². The van der Waals surface area contributed by atoms with Crippen LogP contribution < -0.4 is 10.6 Å². The molecule has 1 aromatic rings. The molecule has 0 radical (unpaired) electrons. The first-order valence-corrected chi connectivity index (χ1v) is 16.8. The summed E-state index contributed by atoms with van der Waals surface area (Å²) in [5.41, 5.74) is 0.916. The van der Waals surface area contributed by atoms with Crippen LogP contribution >= 0.6 is 0 Å². The predicted octanol–water partition coefficient (Wildman–Crippen LogP) is 6.07. The number of unbranched alkanes of at least 4 members (excludes halogenated alkanes) is 2. The quantitative estimate of drug-likeness (QED) is 0.0543. The average molecular weight is 650 g/mol. The molecule has 0 aliphatic heterocycles. The molecule has 1 rings (SSSR count). The molecule has 0 spiro atoms. The smallest absolute Gasteiger partial charge is 0.329 e. The molecule has 0 fully saturated rings. The second-order valence-corrected chi connectivity index (χ2v) is 10.9. The maximum atomic E-state index is 12.7. The second kappa shape index (κ2) is 29.3. The van der Waals surface area contributed by atoms with Crippen molar-refractivity contribution in [2.75, 3.05) is 19.8 Å². The summed E-state index contributed by atoms with van der Waals surface area (Å²) in [5.74, 6) is -1.08. The Labute approximate surface area is 281 Å². The molecule has 9 heteroatoms. The SMILES string of the molecule is CCC=CCC=CCC=CCC=CCC=CCCCC(=O)N[C@@H](CCCCNC(=O)CC=Cc1cccnc1)C(=O)OC(CO)CO. The van der Waals surface area contributed by atoms with Gasteiger partial charge in [0, 0.05) is 31.8 Å². The summed E-state index contributed by atoms with van der Waals surface area (Å²) in [4.78, 5) is 41.4. The van der Waals surface area contributed by atoms with Gasteiger partial charge in [-0.05, 0) is 75.8 Å². The lowest BCUT2D eigenvalue weighted by atomic mass is 10.1. The maximum Gasteiger partial charge on any atom is 0.329 e. The van der Waals surface area contributed by atoms with Crippen LogP contribution in [0.5, 0.6) is 0 Å². The second-order valence-electron chi connectivity index (χ2n) is 10.9. The molecule has 0 bridgehead atoms. The van der Waals surface area contributed by atoms with Gasteiger partial charge >= 0.3 is 5.97 Å². The number of carbonyl (C=O) groups is 3. The fourth-order valence-corrected chi connectivity index (χ4v) is 4.19. The Morgan fingerprint density at radius 2 is 1.47 bits per heavy atom. The van der Waals surface area contributed by atoms with Crippen molar-refractivity contribution >= 4 is 23.9 Å². The number of hydrogen-bond donors (Lipinski definition) is 4. The molecular weight excluding hydrogens is 594 g/mol. The van der Waals surface area contributed by atoms with Gasteiger partial charge in [-0.15, -0.1) is 0 Å². The summed E-state index contributed by atoms with van der Waals surface area (Å²) in [5, 5.41) is 24.2. The number of rotatable bonds is 26. The van der Waals surface area contributed by atoms with E-state index >= 15 is 0 Å². The Kier molecular flexibility index (Phi) is 25.6. The normalized spacial score (nSPS) is 12.9. The number of pyridine rings is 1. The van der Waals surface area contributed by atoms with E-state index < -0.39 is 31.3 Å². The Morgan fingerprint density at radius 3 is 2.06 bits per heavy atom. The van der Waals surface area contributed by atoms with Gasteiger partial charge in [0.2, 0.25) is 11.8 Å². The molecule has 2 amide bonds. The molecule has 9 nitrogen and oxygen atoms in total. The number of aromatic nitrogens is 1. The van der Waals surface area contributed by atoms with E-state index in [1.807, 2.05) is 24.3 Å². The van der Waals surface area contributed by atoms with E-state index in [9.17, 15) is 24.6 Å². The van der Waals surface area contributed by atoms with Gasteiger partial charge in [-0.25, -0.2) is 4.79 Å². The summed E-state index contributed by atoms with van der Waals surface area (Å²) >= 11 is 0. The molecule has 0 aliphatic rings. The highest BCUT2D eigenvalue weighted by atomic mass is 16.6. The summed E-state index contributed by atoms with van der Waals surface area (Å²) < 4.78 is 5.16. The highest BCUT2D eigenvalue weighted by Crippen LogP contribution is 2.08. The van der Waals surface area contributed by atoms with Crippen molar-refractivity contribution in [1.82, 2.24) is 15.6 Å². The zero-order valence-electron chi connectivity index (χ0n) is 28.0. The van der Waals surface area contributed by atoms with Crippen molar-refractivity contribution in [1.29, 1.82) is 0 Å². The van der Waals surface area contributed by atoms with Gasteiger partial charge in [0.1, 0.15) is 12.1 Å². The average Bonchev–Trinajstić information content (AvgIpc) is 3.08. The number of allylic oxidation sites excluding steroid dienone is 10. The number of nitrogens with zero attached hydrogens (tertiary/aromatic N) is 1. The van der Waals surface area contributed by atoms with Crippen LogP contribution in [-0.2, 0) is 19.1 Å². The van der Waals surface area contributed by atoms with E-state index in [0.717, 1.165) is 44.1 Å². The first kappa shape index (κ1) is 40.9. The minimum Gasteiger partial charge on any atom is -0.456 e. The highest BCUT2D eigenvalue weighted by Gasteiger charge is 2.24. The molecule has 1 atom stereocenters. The van der Waals surface area contributed by atoms with Gasteiger partial charge in [0.15, 0.2) is 0 Å². The van der Waals surface area contributed by atoms with E-state index in [0.29, 0.717) is 32.2 Å². The van der Waals surface area contributed by atoms with Crippen molar-refractivity contribution in [3.63, 3.8) is 0 Å².